The molecule has 1 unspecified atom stereocenters. The van der Waals surface area contributed by atoms with Gasteiger partial charge in [-0.2, -0.15) is 0 Å². The van der Waals surface area contributed by atoms with Crippen LogP contribution in [0.4, 0.5) is 0 Å². The van der Waals surface area contributed by atoms with Gasteiger partial charge in [0.25, 0.3) is 0 Å². The minimum atomic E-state index is -0.832. The predicted octanol–water partition coefficient (Wildman–Crippen LogP) is 1.07. The van der Waals surface area contributed by atoms with E-state index in [0.29, 0.717) is 13.1 Å². The van der Waals surface area contributed by atoms with Crippen LogP contribution in [0.2, 0.25) is 0 Å². The fourth-order valence-electron chi connectivity index (χ4n) is 1.65. The van der Waals surface area contributed by atoms with Crippen LogP contribution in [0.1, 0.15) is 16.7 Å². The number of carboxylic acids is 1. The van der Waals surface area contributed by atoms with Crippen molar-refractivity contribution >= 4 is 5.97 Å². The molecule has 0 heterocycles. The van der Waals surface area contributed by atoms with Gasteiger partial charge in [-0.05, 0) is 32.0 Å². The van der Waals surface area contributed by atoms with E-state index in [1.54, 1.807) is 7.05 Å². The predicted molar refractivity (Wildman–Crippen MR) is 68.1 cm³/mol. The molecule has 1 rings (SSSR count). The quantitative estimate of drug-likeness (QED) is 0.691. The van der Waals surface area contributed by atoms with Gasteiger partial charge in [0.1, 0.15) is 6.04 Å². The average molecular weight is 236 g/mol. The molecule has 1 aromatic carbocycles. The fraction of sp³-hybridized carbons (Fsp3) is 0.462. The second-order valence-corrected chi connectivity index (χ2v) is 4.24. The minimum absolute atomic E-state index is 0.416. The maximum absolute atomic E-state index is 10.8. The molecule has 1 aromatic rings. The Morgan fingerprint density at radius 1 is 1.41 bits per heavy atom. The summed E-state index contributed by atoms with van der Waals surface area (Å²) >= 11 is 0. The highest BCUT2D eigenvalue weighted by Crippen LogP contribution is 2.09. The molecule has 0 bridgehead atoms. The van der Waals surface area contributed by atoms with E-state index in [4.69, 9.17) is 5.11 Å². The molecule has 0 radical (unpaired) electrons. The number of benzene rings is 1. The molecule has 0 aliphatic carbocycles. The topological polar surface area (TPSA) is 61.4 Å². The molecule has 0 saturated carbocycles. The standard InChI is InChI=1S/C13H20N2O2/c1-9-4-5-10(2)11(6-9)7-15-8-12(14-3)13(16)17/h4-6,12,14-15H,7-8H2,1-3H3,(H,16,17). The van der Waals surface area contributed by atoms with Gasteiger partial charge < -0.3 is 15.7 Å². The number of hydrogen-bond acceptors (Lipinski definition) is 3. The number of hydrogen-bond donors (Lipinski definition) is 3. The molecule has 0 fully saturated rings. The Morgan fingerprint density at radius 2 is 2.12 bits per heavy atom. The molecular weight excluding hydrogens is 216 g/mol. The molecule has 4 heteroatoms. The lowest BCUT2D eigenvalue weighted by Crippen LogP contribution is -2.42. The number of nitrogens with one attached hydrogen (secondary N) is 2. The normalized spacial score (nSPS) is 12.4. The van der Waals surface area contributed by atoms with Gasteiger partial charge in [0.15, 0.2) is 0 Å². The second-order valence-electron chi connectivity index (χ2n) is 4.24. The molecule has 1 atom stereocenters. The third-order valence-corrected chi connectivity index (χ3v) is 2.82. The third-order valence-electron chi connectivity index (χ3n) is 2.82. The zero-order chi connectivity index (χ0) is 12.8. The summed E-state index contributed by atoms with van der Waals surface area (Å²) in [6, 6.07) is 5.74. The van der Waals surface area contributed by atoms with Crippen LogP contribution in [0.3, 0.4) is 0 Å². The molecule has 17 heavy (non-hydrogen) atoms. The Morgan fingerprint density at radius 3 is 2.71 bits per heavy atom. The summed E-state index contributed by atoms with van der Waals surface area (Å²) in [6.07, 6.45) is 0. The van der Waals surface area contributed by atoms with E-state index in [9.17, 15) is 4.79 Å². The summed E-state index contributed by atoms with van der Waals surface area (Å²) in [5.41, 5.74) is 3.65. The van der Waals surface area contributed by atoms with Gasteiger partial charge in [-0.3, -0.25) is 4.79 Å². The van der Waals surface area contributed by atoms with Crippen molar-refractivity contribution in [2.75, 3.05) is 13.6 Å². The van der Waals surface area contributed by atoms with Gasteiger partial charge in [-0.15, -0.1) is 0 Å². The summed E-state index contributed by atoms with van der Waals surface area (Å²) in [5.74, 6) is -0.832. The van der Waals surface area contributed by atoms with Gasteiger partial charge in [0.2, 0.25) is 0 Å². The molecule has 4 nitrogen and oxygen atoms in total. The summed E-state index contributed by atoms with van der Waals surface area (Å²) in [5, 5.41) is 14.8. The highest BCUT2D eigenvalue weighted by molar-refractivity contribution is 5.73. The minimum Gasteiger partial charge on any atom is -0.480 e. The van der Waals surface area contributed by atoms with Gasteiger partial charge >= 0.3 is 5.97 Å². The fourth-order valence-corrected chi connectivity index (χ4v) is 1.65. The van der Waals surface area contributed by atoms with E-state index in [-0.39, 0.29) is 0 Å². The first-order valence-electron chi connectivity index (χ1n) is 5.71. The monoisotopic (exact) mass is 236 g/mol. The number of aryl methyl sites for hydroxylation is 2. The SMILES string of the molecule is CNC(CNCc1cc(C)ccc1C)C(=O)O. The Kier molecular flexibility index (Phi) is 5.12. The van der Waals surface area contributed by atoms with Gasteiger partial charge in [-0.25, -0.2) is 0 Å². The van der Waals surface area contributed by atoms with E-state index < -0.39 is 12.0 Å². The highest BCUT2D eigenvalue weighted by atomic mass is 16.4. The lowest BCUT2D eigenvalue weighted by atomic mass is 10.1. The lowest BCUT2D eigenvalue weighted by molar-refractivity contribution is -0.139. The van der Waals surface area contributed by atoms with Crippen molar-refractivity contribution < 1.29 is 9.90 Å². The zero-order valence-corrected chi connectivity index (χ0v) is 10.6. The maximum Gasteiger partial charge on any atom is 0.322 e. The van der Waals surface area contributed by atoms with Crippen molar-refractivity contribution in [3.05, 3.63) is 34.9 Å². The largest absolute Gasteiger partial charge is 0.480 e. The molecule has 0 amide bonds. The van der Waals surface area contributed by atoms with E-state index in [2.05, 4.69) is 42.7 Å². The third kappa shape index (κ3) is 4.17. The van der Waals surface area contributed by atoms with Crippen LogP contribution in [0.5, 0.6) is 0 Å². The molecule has 3 N–H and O–H groups in total. The first kappa shape index (κ1) is 13.7. The smallest absolute Gasteiger partial charge is 0.322 e. The Labute approximate surface area is 102 Å². The van der Waals surface area contributed by atoms with E-state index >= 15 is 0 Å². The molecule has 0 saturated heterocycles. The van der Waals surface area contributed by atoms with Crippen molar-refractivity contribution in [3.63, 3.8) is 0 Å². The van der Waals surface area contributed by atoms with Crippen LogP contribution in [0.25, 0.3) is 0 Å². The molecular formula is C13H20N2O2. The summed E-state index contributed by atoms with van der Waals surface area (Å²) in [7, 11) is 1.65. The zero-order valence-electron chi connectivity index (χ0n) is 10.6. The molecule has 94 valence electrons. The van der Waals surface area contributed by atoms with Crippen molar-refractivity contribution in [2.24, 2.45) is 0 Å². The summed E-state index contributed by atoms with van der Waals surface area (Å²) in [6.45, 7) is 5.22. The first-order chi connectivity index (χ1) is 8.04. The van der Waals surface area contributed by atoms with Crippen LogP contribution in [0.15, 0.2) is 18.2 Å². The van der Waals surface area contributed by atoms with Crippen LogP contribution in [-0.4, -0.2) is 30.7 Å². The average Bonchev–Trinajstić information content (AvgIpc) is 2.28. The number of likely N-dealkylation sites (N-methyl/N-ethyl adjacent to an activating group) is 1. The van der Waals surface area contributed by atoms with Gasteiger partial charge in [0, 0.05) is 13.1 Å². The van der Waals surface area contributed by atoms with E-state index in [0.717, 1.165) is 0 Å². The number of aliphatic carboxylic acids is 1. The Hall–Kier alpha value is -1.39. The Balaban J connectivity index is 2.50. The maximum atomic E-state index is 10.8. The van der Waals surface area contributed by atoms with E-state index in [1.165, 1.54) is 16.7 Å². The van der Waals surface area contributed by atoms with E-state index in [1.807, 2.05) is 0 Å². The number of carboxylic acid groups (broad SMARTS) is 1. The summed E-state index contributed by atoms with van der Waals surface area (Å²) < 4.78 is 0. The van der Waals surface area contributed by atoms with Crippen LogP contribution in [-0.2, 0) is 11.3 Å². The van der Waals surface area contributed by atoms with Crippen LogP contribution >= 0.6 is 0 Å². The number of rotatable bonds is 6. The summed E-state index contributed by atoms with van der Waals surface area (Å²) in [4.78, 5) is 10.8. The molecule has 0 spiro atoms. The molecule has 0 aromatic heterocycles. The van der Waals surface area contributed by atoms with Crippen LogP contribution in [0, 0.1) is 13.8 Å². The Bertz CT molecular complexity index is 391. The van der Waals surface area contributed by atoms with Gasteiger partial charge in [0.05, 0.1) is 0 Å². The number of carbonyl (C=O) groups is 1. The van der Waals surface area contributed by atoms with Crippen molar-refractivity contribution in [1.82, 2.24) is 10.6 Å². The molecule has 0 aliphatic heterocycles. The van der Waals surface area contributed by atoms with Crippen molar-refractivity contribution in [1.29, 1.82) is 0 Å². The second kappa shape index (κ2) is 6.37. The van der Waals surface area contributed by atoms with Crippen molar-refractivity contribution in [3.8, 4) is 0 Å². The van der Waals surface area contributed by atoms with Crippen molar-refractivity contribution in [2.45, 2.75) is 26.4 Å². The lowest BCUT2D eigenvalue weighted by Gasteiger charge is -2.13. The van der Waals surface area contributed by atoms with Crippen LogP contribution < -0.4 is 10.6 Å². The van der Waals surface area contributed by atoms with Gasteiger partial charge in [-0.1, -0.05) is 23.8 Å². The molecule has 0 aliphatic rings. The highest BCUT2D eigenvalue weighted by Gasteiger charge is 2.13. The first-order valence-corrected chi connectivity index (χ1v) is 5.71.